The summed E-state index contributed by atoms with van der Waals surface area (Å²) in [5.74, 6) is 0. The molecular weight excluding hydrogens is 635 g/mol. The Hall–Kier alpha value is -5.96. The van der Waals surface area contributed by atoms with Crippen LogP contribution in [0.1, 0.15) is 25.0 Å². The third-order valence-corrected chi connectivity index (χ3v) is 12.1. The van der Waals surface area contributed by atoms with Crippen molar-refractivity contribution in [2.45, 2.75) is 19.3 Å². The van der Waals surface area contributed by atoms with Gasteiger partial charge in [0.2, 0.25) is 0 Å². The highest BCUT2D eigenvalue weighted by molar-refractivity contribution is 7.26. The van der Waals surface area contributed by atoms with Gasteiger partial charge in [-0.05, 0) is 104 Å². The van der Waals surface area contributed by atoms with Crippen molar-refractivity contribution in [3.05, 3.63) is 187 Å². The highest BCUT2D eigenvalue weighted by atomic mass is 32.1. The molecule has 0 spiro atoms. The zero-order chi connectivity index (χ0) is 34.1. The van der Waals surface area contributed by atoms with Crippen LogP contribution >= 0.6 is 11.3 Å². The molecule has 0 amide bonds. The van der Waals surface area contributed by atoms with E-state index in [1.165, 1.54) is 75.5 Å². The summed E-state index contributed by atoms with van der Waals surface area (Å²) in [6.45, 7) is 4.70. The van der Waals surface area contributed by atoms with E-state index in [9.17, 15) is 0 Å². The largest absolute Gasteiger partial charge is 0.310 e. The Morgan fingerprint density at radius 3 is 1.80 bits per heavy atom. The maximum atomic E-state index is 2.41. The number of hydrogen-bond donors (Lipinski definition) is 0. The highest BCUT2D eigenvalue weighted by Crippen LogP contribution is 2.51. The maximum absolute atomic E-state index is 2.41. The van der Waals surface area contributed by atoms with Gasteiger partial charge >= 0.3 is 0 Å². The van der Waals surface area contributed by atoms with Gasteiger partial charge in [0.05, 0.1) is 0 Å². The zero-order valence-electron chi connectivity index (χ0n) is 28.6. The van der Waals surface area contributed by atoms with Crippen LogP contribution in [0.2, 0.25) is 0 Å². The van der Waals surface area contributed by atoms with Crippen molar-refractivity contribution in [2.24, 2.45) is 0 Å². The van der Waals surface area contributed by atoms with Crippen molar-refractivity contribution in [1.29, 1.82) is 0 Å². The second-order valence-corrected chi connectivity index (χ2v) is 15.2. The lowest BCUT2D eigenvalue weighted by atomic mass is 9.82. The van der Waals surface area contributed by atoms with E-state index < -0.39 is 0 Å². The molecule has 2 heteroatoms. The Morgan fingerprint density at radius 1 is 0.412 bits per heavy atom. The first kappa shape index (κ1) is 29.9. The Bertz CT molecular complexity index is 2750. The van der Waals surface area contributed by atoms with Crippen LogP contribution in [-0.2, 0) is 5.41 Å². The molecule has 8 aromatic carbocycles. The normalized spacial score (nSPS) is 13.1. The number of nitrogens with zero attached hydrogens (tertiary/aromatic N) is 1. The summed E-state index contributed by atoms with van der Waals surface area (Å²) >= 11 is 1.89. The molecule has 10 rings (SSSR count). The third-order valence-electron chi connectivity index (χ3n) is 10.9. The number of benzene rings is 8. The Labute approximate surface area is 302 Å². The minimum Gasteiger partial charge on any atom is -0.310 e. The number of hydrogen-bond acceptors (Lipinski definition) is 2. The van der Waals surface area contributed by atoms with E-state index in [0.717, 1.165) is 17.1 Å². The number of fused-ring (bicyclic) bond motifs is 8. The zero-order valence-corrected chi connectivity index (χ0v) is 29.4. The molecule has 0 atom stereocenters. The van der Waals surface area contributed by atoms with Crippen LogP contribution < -0.4 is 4.90 Å². The van der Waals surface area contributed by atoms with Gasteiger partial charge in [-0.25, -0.2) is 0 Å². The number of thiophene rings is 1. The lowest BCUT2D eigenvalue weighted by molar-refractivity contribution is 0.660. The standard InChI is InChI=1S/C49H35NS/c1-49(2)45-15-9-8-14-41(45)42-28-26-39(31-46(42)49)50(37-22-16-33(17-23-37)32-10-4-3-5-11-32)38-24-18-34(19-25-38)36-21-29-47-44(30-36)43-27-20-35-12-6-7-13-40(35)48(43)51-47/h3-31H,1-2H3. The van der Waals surface area contributed by atoms with Crippen LogP contribution in [0.15, 0.2) is 176 Å². The first-order valence-electron chi connectivity index (χ1n) is 17.7. The van der Waals surface area contributed by atoms with Crippen LogP contribution in [0.3, 0.4) is 0 Å². The van der Waals surface area contributed by atoms with Crippen molar-refractivity contribution in [2.75, 3.05) is 4.90 Å². The average Bonchev–Trinajstić information content (AvgIpc) is 3.68. The summed E-state index contributed by atoms with van der Waals surface area (Å²) < 4.78 is 2.69. The predicted octanol–water partition coefficient (Wildman–Crippen LogP) is 14.3. The minimum absolute atomic E-state index is 0.0780. The Balaban J connectivity index is 1.07. The Morgan fingerprint density at radius 2 is 1.02 bits per heavy atom. The van der Waals surface area contributed by atoms with Crippen LogP contribution in [0, 0.1) is 0 Å². The summed E-state index contributed by atoms with van der Waals surface area (Å²) in [5, 5.41) is 5.28. The minimum atomic E-state index is -0.0780. The van der Waals surface area contributed by atoms with Crippen LogP contribution in [0.4, 0.5) is 17.1 Å². The number of anilines is 3. The molecule has 242 valence electrons. The molecule has 0 unspecified atom stereocenters. The SMILES string of the molecule is CC1(C)c2ccccc2-c2ccc(N(c3ccc(-c4ccccc4)cc3)c3ccc(-c4ccc5sc6c7ccccc7ccc6c5c4)cc3)cc21. The van der Waals surface area contributed by atoms with E-state index in [-0.39, 0.29) is 5.41 Å². The average molecular weight is 670 g/mol. The summed E-state index contributed by atoms with van der Waals surface area (Å²) in [7, 11) is 0. The van der Waals surface area contributed by atoms with Gasteiger partial charge in [0.25, 0.3) is 0 Å². The molecule has 0 fully saturated rings. The van der Waals surface area contributed by atoms with Crippen molar-refractivity contribution in [3.63, 3.8) is 0 Å². The first-order chi connectivity index (χ1) is 25.0. The predicted molar refractivity (Wildman–Crippen MR) is 220 cm³/mol. The second-order valence-electron chi connectivity index (χ2n) is 14.2. The molecular formula is C49H35NS. The van der Waals surface area contributed by atoms with Gasteiger partial charge in [-0.1, -0.05) is 141 Å². The van der Waals surface area contributed by atoms with E-state index in [4.69, 9.17) is 0 Å². The molecule has 0 aliphatic heterocycles. The molecule has 0 radical (unpaired) electrons. The molecule has 9 aromatic rings. The Kier molecular flexibility index (Phi) is 6.78. The fourth-order valence-corrected chi connectivity index (χ4v) is 9.42. The lowest BCUT2D eigenvalue weighted by Crippen LogP contribution is -2.16. The molecule has 0 saturated carbocycles. The molecule has 0 saturated heterocycles. The smallest absolute Gasteiger partial charge is 0.0465 e. The lowest BCUT2D eigenvalue weighted by Gasteiger charge is -2.28. The summed E-state index contributed by atoms with van der Waals surface area (Å²) in [4.78, 5) is 2.40. The molecule has 1 aliphatic rings. The summed E-state index contributed by atoms with van der Waals surface area (Å²) in [5.41, 5.74) is 13.7. The van der Waals surface area contributed by atoms with E-state index in [1.807, 2.05) is 11.3 Å². The van der Waals surface area contributed by atoms with E-state index in [2.05, 4.69) is 195 Å². The summed E-state index contributed by atoms with van der Waals surface area (Å²) in [6, 6.07) is 64.8. The fraction of sp³-hybridized carbons (Fsp3) is 0.0612. The molecule has 1 heterocycles. The first-order valence-corrected chi connectivity index (χ1v) is 18.5. The molecule has 0 bridgehead atoms. The van der Waals surface area contributed by atoms with E-state index >= 15 is 0 Å². The fourth-order valence-electron chi connectivity index (χ4n) is 8.20. The van der Waals surface area contributed by atoms with Gasteiger partial charge in [0, 0.05) is 42.6 Å². The van der Waals surface area contributed by atoms with Gasteiger partial charge in [-0.2, -0.15) is 0 Å². The van der Waals surface area contributed by atoms with Crippen molar-refractivity contribution in [3.8, 4) is 33.4 Å². The van der Waals surface area contributed by atoms with Gasteiger partial charge in [-0.15, -0.1) is 11.3 Å². The van der Waals surface area contributed by atoms with Gasteiger partial charge in [-0.3, -0.25) is 0 Å². The van der Waals surface area contributed by atoms with E-state index in [1.54, 1.807) is 0 Å². The molecule has 51 heavy (non-hydrogen) atoms. The molecule has 1 nitrogen and oxygen atoms in total. The molecule has 1 aliphatic carbocycles. The van der Waals surface area contributed by atoms with Gasteiger partial charge in [0.15, 0.2) is 0 Å². The van der Waals surface area contributed by atoms with Gasteiger partial charge in [0.1, 0.15) is 0 Å². The highest BCUT2D eigenvalue weighted by Gasteiger charge is 2.35. The maximum Gasteiger partial charge on any atom is 0.0465 e. The van der Waals surface area contributed by atoms with Crippen molar-refractivity contribution >= 4 is 59.3 Å². The quantitative estimate of drug-likeness (QED) is 0.176. The molecule has 1 aromatic heterocycles. The summed E-state index contributed by atoms with van der Waals surface area (Å²) in [6.07, 6.45) is 0. The molecule has 0 N–H and O–H groups in total. The monoisotopic (exact) mass is 669 g/mol. The second kappa shape index (κ2) is 11.6. The number of rotatable bonds is 5. The topological polar surface area (TPSA) is 3.24 Å². The van der Waals surface area contributed by atoms with Crippen LogP contribution in [0.5, 0.6) is 0 Å². The third kappa shape index (κ3) is 4.82. The van der Waals surface area contributed by atoms with E-state index in [0.29, 0.717) is 0 Å². The van der Waals surface area contributed by atoms with Gasteiger partial charge < -0.3 is 4.90 Å². The van der Waals surface area contributed by atoms with Crippen LogP contribution in [0.25, 0.3) is 64.3 Å². The van der Waals surface area contributed by atoms with Crippen molar-refractivity contribution in [1.82, 2.24) is 0 Å². The van der Waals surface area contributed by atoms with Crippen LogP contribution in [-0.4, -0.2) is 0 Å². The van der Waals surface area contributed by atoms with Crippen molar-refractivity contribution < 1.29 is 0 Å².